The van der Waals surface area contributed by atoms with Crippen molar-refractivity contribution >= 4 is 10.0 Å². The van der Waals surface area contributed by atoms with Gasteiger partial charge in [-0.25, -0.2) is 17.5 Å². The second-order valence-corrected chi connectivity index (χ2v) is 9.77. The van der Waals surface area contributed by atoms with E-state index in [2.05, 4.69) is 11.8 Å². The van der Waals surface area contributed by atoms with Crippen LogP contribution in [-0.4, -0.2) is 43.4 Å². The molecule has 4 nitrogen and oxygen atoms in total. The van der Waals surface area contributed by atoms with Crippen LogP contribution in [0.3, 0.4) is 0 Å². The standard InChI is InChI=1S/C14H26FN2O2S/c1-13(2,3)20(18,19)16-12-9-11(15)10-14(12)5-7-17(4)8-6-14/h11-12,16H,4-10H2,1-3H3/t11-,12-/m1/s1. The summed E-state index contributed by atoms with van der Waals surface area (Å²) in [6.07, 6.45) is 1.49. The number of nitrogens with one attached hydrogen (secondary N) is 1. The molecule has 0 aromatic heterocycles. The summed E-state index contributed by atoms with van der Waals surface area (Å²) in [5, 5.41) is 0. The molecule has 117 valence electrons. The average Bonchev–Trinajstić information content (AvgIpc) is 2.57. The molecular formula is C14H26FN2O2S. The molecule has 1 saturated carbocycles. The number of hydrogen-bond acceptors (Lipinski definition) is 3. The van der Waals surface area contributed by atoms with Gasteiger partial charge in [0.05, 0.1) is 4.75 Å². The summed E-state index contributed by atoms with van der Waals surface area (Å²) >= 11 is 0. The minimum Gasteiger partial charge on any atom is -0.302 e. The molecule has 0 aromatic rings. The van der Waals surface area contributed by atoms with Gasteiger partial charge in [-0.1, -0.05) is 0 Å². The van der Waals surface area contributed by atoms with Crippen LogP contribution in [0, 0.1) is 12.5 Å². The summed E-state index contributed by atoms with van der Waals surface area (Å²) in [4.78, 5) is 1.98. The number of hydrogen-bond donors (Lipinski definition) is 1. The third-order valence-corrected chi connectivity index (χ3v) is 7.02. The SMILES string of the molecule is [CH2]N1CCC2(CC1)C[C@H](F)C[C@H]2NS(=O)(=O)C(C)(C)C. The van der Waals surface area contributed by atoms with E-state index < -0.39 is 20.9 Å². The van der Waals surface area contributed by atoms with Gasteiger partial charge in [0.25, 0.3) is 0 Å². The molecule has 0 amide bonds. The number of rotatable bonds is 2. The largest absolute Gasteiger partial charge is 0.302 e. The first-order valence-corrected chi connectivity index (χ1v) is 8.75. The van der Waals surface area contributed by atoms with Crippen LogP contribution in [0.5, 0.6) is 0 Å². The van der Waals surface area contributed by atoms with E-state index in [-0.39, 0.29) is 11.5 Å². The Balaban J connectivity index is 2.18. The van der Waals surface area contributed by atoms with Crippen molar-refractivity contribution in [3.8, 4) is 0 Å². The molecule has 2 fully saturated rings. The highest BCUT2D eigenvalue weighted by Crippen LogP contribution is 2.48. The molecule has 2 atom stereocenters. The zero-order valence-electron chi connectivity index (χ0n) is 12.7. The van der Waals surface area contributed by atoms with E-state index in [1.54, 1.807) is 20.8 Å². The Hall–Kier alpha value is -0.200. The van der Waals surface area contributed by atoms with Gasteiger partial charge in [-0.2, -0.15) is 0 Å². The first-order chi connectivity index (χ1) is 9.06. The molecule has 20 heavy (non-hydrogen) atoms. The maximum absolute atomic E-state index is 13.9. The number of sulfonamides is 1. The third-order valence-electron chi connectivity index (χ3n) is 4.81. The number of nitrogens with zero attached hydrogens (tertiary/aromatic N) is 1. The normalized spacial score (nSPS) is 31.9. The molecule has 0 bridgehead atoms. The molecule has 2 rings (SSSR count). The lowest BCUT2D eigenvalue weighted by Crippen LogP contribution is -2.52. The van der Waals surface area contributed by atoms with E-state index in [0.29, 0.717) is 12.8 Å². The Bertz CT molecular complexity index is 450. The zero-order chi connectivity index (χ0) is 15.2. The molecule has 1 aliphatic heterocycles. The van der Waals surface area contributed by atoms with Gasteiger partial charge in [0.2, 0.25) is 10.0 Å². The molecule has 1 saturated heterocycles. The second-order valence-electron chi connectivity index (χ2n) is 7.30. The average molecular weight is 305 g/mol. The van der Waals surface area contributed by atoms with Gasteiger partial charge in [0, 0.05) is 13.1 Å². The second kappa shape index (κ2) is 5.21. The van der Waals surface area contributed by atoms with Gasteiger partial charge in [-0.3, -0.25) is 0 Å². The maximum Gasteiger partial charge on any atom is 0.216 e. The fourth-order valence-electron chi connectivity index (χ4n) is 3.26. The first kappa shape index (κ1) is 16.2. The Morgan fingerprint density at radius 3 is 2.35 bits per heavy atom. The molecule has 0 aromatic carbocycles. The lowest BCUT2D eigenvalue weighted by Gasteiger charge is -2.42. The Morgan fingerprint density at radius 1 is 1.30 bits per heavy atom. The highest BCUT2D eigenvalue weighted by molar-refractivity contribution is 7.90. The Labute approximate surface area is 122 Å². The van der Waals surface area contributed by atoms with Gasteiger partial charge < -0.3 is 4.90 Å². The molecule has 0 unspecified atom stereocenters. The number of alkyl halides is 1. The molecule has 1 radical (unpaired) electrons. The summed E-state index contributed by atoms with van der Waals surface area (Å²) in [6, 6.07) is -0.282. The van der Waals surface area contributed by atoms with Gasteiger partial charge in [-0.15, -0.1) is 0 Å². The van der Waals surface area contributed by atoms with Crippen LogP contribution in [0.25, 0.3) is 0 Å². The molecule has 6 heteroatoms. The minimum absolute atomic E-state index is 0.230. The minimum atomic E-state index is -3.44. The maximum atomic E-state index is 13.9. The van der Waals surface area contributed by atoms with E-state index in [0.717, 1.165) is 25.9 Å². The fourth-order valence-corrected chi connectivity index (χ4v) is 4.33. The van der Waals surface area contributed by atoms with Crippen molar-refractivity contribution in [2.24, 2.45) is 5.41 Å². The van der Waals surface area contributed by atoms with Crippen LogP contribution < -0.4 is 4.72 Å². The summed E-state index contributed by atoms with van der Waals surface area (Å²) in [5.41, 5.74) is -0.230. The van der Waals surface area contributed by atoms with Crippen LogP contribution >= 0.6 is 0 Å². The number of likely N-dealkylation sites (tertiary alicyclic amines) is 1. The lowest BCUT2D eigenvalue weighted by atomic mass is 9.74. The Morgan fingerprint density at radius 2 is 1.85 bits per heavy atom. The van der Waals surface area contributed by atoms with Crippen molar-refractivity contribution in [2.75, 3.05) is 13.1 Å². The highest BCUT2D eigenvalue weighted by Gasteiger charge is 2.50. The summed E-state index contributed by atoms with van der Waals surface area (Å²) in [5.74, 6) is 0. The molecule has 1 aliphatic carbocycles. The molecule has 1 heterocycles. The quantitative estimate of drug-likeness (QED) is 0.850. The molecule has 1 spiro atoms. The van der Waals surface area contributed by atoms with Crippen molar-refractivity contribution in [3.05, 3.63) is 7.05 Å². The Kier molecular flexibility index (Phi) is 4.22. The molecular weight excluding hydrogens is 279 g/mol. The monoisotopic (exact) mass is 305 g/mol. The van der Waals surface area contributed by atoms with Gasteiger partial charge in [0.15, 0.2) is 0 Å². The first-order valence-electron chi connectivity index (χ1n) is 7.27. The smallest absolute Gasteiger partial charge is 0.216 e. The molecule has 1 N–H and O–H groups in total. The van der Waals surface area contributed by atoms with Crippen LogP contribution in [0.15, 0.2) is 0 Å². The number of halogens is 1. The van der Waals surface area contributed by atoms with Crippen molar-refractivity contribution in [2.45, 2.75) is 63.4 Å². The summed E-state index contributed by atoms with van der Waals surface area (Å²) in [7, 11) is 0.472. The van der Waals surface area contributed by atoms with Crippen LogP contribution in [0.1, 0.15) is 46.5 Å². The highest BCUT2D eigenvalue weighted by atomic mass is 32.2. The molecule has 2 aliphatic rings. The van der Waals surface area contributed by atoms with Crippen molar-refractivity contribution in [1.29, 1.82) is 0 Å². The fraction of sp³-hybridized carbons (Fsp3) is 0.929. The van der Waals surface area contributed by atoms with Crippen molar-refractivity contribution in [3.63, 3.8) is 0 Å². The van der Waals surface area contributed by atoms with Crippen LogP contribution in [0.2, 0.25) is 0 Å². The van der Waals surface area contributed by atoms with Crippen molar-refractivity contribution < 1.29 is 12.8 Å². The predicted octanol–water partition coefficient (Wildman–Crippen LogP) is 2.08. The summed E-state index contributed by atoms with van der Waals surface area (Å²) in [6.45, 7) is 6.62. The third kappa shape index (κ3) is 3.02. The topological polar surface area (TPSA) is 49.4 Å². The van der Waals surface area contributed by atoms with E-state index >= 15 is 0 Å². The van der Waals surface area contributed by atoms with E-state index in [1.807, 2.05) is 4.90 Å². The van der Waals surface area contributed by atoms with Gasteiger partial charge >= 0.3 is 0 Å². The van der Waals surface area contributed by atoms with Crippen molar-refractivity contribution in [1.82, 2.24) is 9.62 Å². The summed E-state index contributed by atoms with van der Waals surface area (Å²) < 4.78 is 40.5. The predicted molar refractivity (Wildman–Crippen MR) is 78.3 cm³/mol. The zero-order valence-corrected chi connectivity index (χ0v) is 13.5. The van der Waals surface area contributed by atoms with Crippen LogP contribution in [-0.2, 0) is 10.0 Å². The van der Waals surface area contributed by atoms with Gasteiger partial charge in [-0.05, 0) is 65.0 Å². The van der Waals surface area contributed by atoms with E-state index in [1.165, 1.54) is 0 Å². The van der Waals surface area contributed by atoms with Crippen LogP contribution in [0.4, 0.5) is 4.39 Å². The van der Waals surface area contributed by atoms with E-state index in [9.17, 15) is 12.8 Å². The van der Waals surface area contributed by atoms with E-state index in [4.69, 9.17) is 0 Å². The van der Waals surface area contributed by atoms with Gasteiger partial charge in [0.1, 0.15) is 6.17 Å². The lowest BCUT2D eigenvalue weighted by molar-refractivity contribution is 0.110. The number of piperidine rings is 1.